The van der Waals surface area contributed by atoms with Gasteiger partial charge in [0.1, 0.15) is 5.75 Å². The zero-order valence-electron chi connectivity index (χ0n) is 13.6. The highest BCUT2D eigenvalue weighted by molar-refractivity contribution is 7.92. The summed E-state index contributed by atoms with van der Waals surface area (Å²) in [6.45, 7) is 0. The largest absolute Gasteiger partial charge is 0.501 e. The Bertz CT molecular complexity index is 1110. The average molecular weight is 416 g/mol. The Morgan fingerprint density at radius 2 is 1.81 bits per heavy atom. The normalized spacial score (nSPS) is 12.1. The maximum absolute atomic E-state index is 12.5. The molecule has 3 rings (SSSR count). The number of aromatic nitrogens is 1. The summed E-state index contributed by atoms with van der Waals surface area (Å²) >= 11 is 1.19. The fourth-order valence-electron chi connectivity index (χ4n) is 2.17. The van der Waals surface area contributed by atoms with Crippen molar-refractivity contribution in [3.8, 4) is 5.75 Å². The molecule has 0 aliphatic rings. The number of thiazole rings is 1. The van der Waals surface area contributed by atoms with Gasteiger partial charge in [0.25, 0.3) is 15.7 Å². The Morgan fingerprint density at radius 3 is 2.41 bits per heavy atom. The molecule has 0 unspecified atom stereocenters. The fourth-order valence-corrected chi connectivity index (χ4v) is 3.82. The molecular weight excluding hydrogens is 405 g/mol. The van der Waals surface area contributed by atoms with E-state index < -0.39 is 26.1 Å². The Hall–Kier alpha value is -2.66. The number of methoxy groups -OCH3 is 1. The van der Waals surface area contributed by atoms with Crippen LogP contribution in [0.1, 0.15) is 10.4 Å². The molecule has 0 atom stereocenters. The van der Waals surface area contributed by atoms with Crippen LogP contribution in [0.25, 0.3) is 10.2 Å². The lowest BCUT2D eigenvalue weighted by molar-refractivity contribution is -0.0436. The van der Waals surface area contributed by atoms with Crippen molar-refractivity contribution in [2.75, 3.05) is 12.4 Å². The number of anilines is 1. The zero-order chi connectivity index (χ0) is 19.8. The number of benzene rings is 2. The molecule has 1 amide bonds. The van der Waals surface area contributed by atoms with Gasteiger partial charge in [0.15, 0.2) is 5.13 Å². The van der Waals surface area contributed by atoms with E-state index in [9.17, 15) is 26.4 Å². The van der Waals surface area contributed by atoms with Crippen molar-refractivity contribution < 1.29 is 31.1 Å². The molecule has 11 heteroatoms. The first kappa shape index (κ1) is 19.1. The summed E-state index contributed by atoms with van der Waals surface area (Å²) in [6.07, 6.45) is 0. The summed E-state index contributed by atoms with van der Waals surface area (Å²) in [4.78, 5) is 15.5. The van der Waals surface area contributed by atoms with Crippen molar-refractivity contribution in [3.63, 3.8) is 0 Å². The monoisotopic (exact) mass is 416 g/mol. The van der Waals surface area contributed by atoms with Crippen molar-refractivity contribution in [1.82, 2.24) is 4.98 Å². The summed E-state index contributed by atoms with van der Waals surface area (Å²) in [5.74, 6) is 0.00228. The number of nitrogens with one attached hydrogen (secondary N) is 1. The lowest BCUT2D eigenvalue weighted by atomic mass is 10.2. The Labute approximate surface area is 155 Å². The smallest absolute Gasteiger partial charge is 0.497 e. The summed E-state index contributed by atoms with van der Waals surface area (Å²) in [5, 5.41) is 2.82. The van der Waals surface area contributed by atoms with Crippen LogP contribution >= 0.6 is 11.3 Å². The van der Waals surface area contributed by atoms with Crippen molar-refractivity contribution in [1.29, 1.82) is 0 Å². The highest BCUT2D eigenvalue weighted by atomic mass is 32.2. The number of sulfone groups is 1. The van der Waals surface area contributed by atoms with E-state index in [1.54, 1.807) is 18.2 Å². The molecule has 0 saturated carbocycles. The molecule has 1 aromatic heterocycles. The van der Waals surface area contributed by atoms with Gasteiger partial charge in [-0.2, -0.15) is 13.2 Å². The third-order valence-electron chi connectivity index (χ3n) is 3.55. The number of carbonyl (C=O) groups is 1. The lowest BCUT2D eigenvalue weighted by Crippen LogP contribution is -2.23. The Balaban J connectivity index is 1.80. The van der Waals surface area contributed by atoms with E-state index in [0.717, 1.165) is 29.0 Å². The molecule has 0 aliphatic heterocycles. The number of ether oxygens (including phenoxy) is 1. The van der Waals surface area contributed by atoms with Gasteiger partial charge in [-0.3, -0.25) is 10.1 Å². The van der Waals surface area contributed by atoms with E-state index in [1.165, 1.54) is 18.4 Å². The number of halogens is 3. The molecular formula is C16H11F3N2O4S2. The van der Waals surface area contributed by atoms with Crippen LogP contribution in [0, 0.1) is 0 Å². The standard InChI is InChI=1S/C16H11F3N2O4S2/c1-25-10-4-7-12-13(8-10)26-15(20-12)21-14(22)9-2-5-11(6-3-9)27(23,24)16(17,18)19/h2-8H,1H3,(H,20,21,22). The molecule has 0 spiro atoms. The predicted octanol–water partition coefficient (Wildman–Crippen LogP) is 3.85. The number of hydrogen-bond acceptors (Lipinski definition) is 6. The first-order chi connectivity index (χ1) is 12.6. The molecule has 0 radical (unpaired) electrons. The number of hydrogen-bond donors (Lipinski definition) is 1. The minimum Gasteiger partial charge on any atom is -0.497 e. The van der Waals surface area contributed by atoms with E-state index in [1.807, 2.05) is 0 Å². The predicted molar refractivity (Wildman–Crippen MR) is 93.8 cm³/mol. The molecule has 0 aliphatic carbocycles. The van der Waals surface area contributed by atoms with Crippen LogP contribution in [0.3, 0.4) is 0 Å². The number of rotatable bonds is 4. The first-order valence-electron chi connectivity index (χ1n) is 7.29. The van der Waals surface area contributed by atoms with Gasteiger partial charge in [-0.05, 0) is 42.5 Å². The van der Waals surface area contributed by atoms with Crippen molar-refractivity contribution in [2.45, 2.75) is 10.4 Å². The zero-order valence-corrected chi connectivity index (χ0v) is 15.2. The molecule has 1 N–H and O–H groups in total. The number of fused-ring (bicyclic) bond motifs is 1. The van der Waals surface area contributed by atoms with Crippen LogP contribution < -0.4 is 10.1 Å². The van der Waals surface area contributed by atoms with Gasteiger partial charge >= 0.3 is 5.51 Å². The second-order valence-electron chi connectivity index (χ2n) is 5.28. The van der Waals surface area contributed by atoms with Crippen LogP contribution in [0.15, 0.2) is 47.4 Å². The van der Waals surface area contributed by atoms with Crippen LogP contribution in [-0.2, 0) is 9.84 Å². The molecule has 1 heterocycles. The number of alkyl halides is 3. The van der Waals surface area contributed by atoms with Crippen LogP contribution in [0.4, 0.5) is 18.3 Å². The van der Waals surface area contributed by atoms with Crippen LogP contribution in [0.2, 0.25) is 0 Å². The fraction of sp³-hybridized carbons (Fsp3) is 0.125. The molecule has 0 bridgehead atoms. The van der Waals surface area contributed by atoms with Crippen molar-refractivity contribution >= 4 is 42.4 Å². The highest BCUT2D eigenvalue weighted by Crippen LogP contribution is 2.31. The number of carbonyl (C=O) groups excluding carboxylic acids is 1. The van der Waals surface area contributed by atoms with Crippen LogP contribution in [-0.4, -0.2) is 31.9 Å². The van der Waals surface area contributed by atoms with E-state index in [0.29, 0.717) is 11.3 Å². The molecule has 27 heavy (non-hydrogen) atoms. The highest BCUT2D eigenvalue weighted by Gasteiger charge is 2.46. The second-order valence-corrected chi connectivity index (χ2v) is 8.25. The second kappa shape index (κ2) is 6.82. The molecule has 3 aromatic rings. The summed E-state index contributed by atoms with van der Waals surface area (Å²) in [7, 11) is -3.93. The Morgan fingerprint density at radius 1 is 1.15 bits per heavy atom. The van der Waals surface area contributed by atoms with Gasteiger partial charge in [-0.1, -0.05) is 11.3 Å². The average Bonchev–Trinajstić information content (AvgIpc) is 3.01. The van der Waals surface area contributed by atoms with Gasteiger partial charge in [0, 0.05) is 5.56 Å². The first-order valence-corrected chi connectivity index (χ1v) is 9.59. The molecule has 0 saturated heterocycles. The molecule has 142 valence electrons. The van der Waals surface area contributed by atoms with Crippen molar-refractivity contribution in [3.05, 3.63) is 48.0 Å². The Kier molecular flexibility index (Phi) is 4.82. The maximum atomic E-state index is 12.5. The number of nitrogens with zero attached hydrogens (tertiary/aromatic N) is 1. The molecule has 0 fully saturated rings. The third kappa shape index (κ3) is 3.74. The number of amides is 1. The minimum absolute atomic E-state index is 0.00652. The summed E-state index contributed by atoms with van der Waals surface area (Å²) in [5.41, 5.74) is -4.77. The van der Waals surface area contributed by atoms with Crippen LogP contribution in [0.5, 0.6) is 5.75 Å². The maximum Gasteiger partial charge on any atom is 0.501 e. The van der Waals surface area contributed by atoms with Gasteiger partial charge < -0.3 is 4.74 Å². The van der Waals surface area contributed by atoms with Gasteiger partial charge in [-0.15, -0.1) is 0 Å². The topological polar surface area (TPSA) is 85.4 Å². The molecule has 6 nitrogen and oxygen atoms in total. The van der Waals surface area contributed by atoms with Gasteiger partial charge in [0.2, 0.25) is 0 Å². The van der Waals surface area contributed by atoms with E-state index >= 15 is 0 Å². The molecule has 2 aromatic carbocycles. The van der Waals surface area contributed by atoms with Crippen molar-refractivity contribution in [2.24, 2.45) is 0 Å². The SMILES string of the molecule is COc1ccc2nc(NC(=O)c3ccc(S(=O)(=O)C(F)(F)F)cc3)sc2c1. The van der Waals surface area contributed by atoms with E-state index in [-0.39, 0.29) is 10.7 Å². The van der Waals surface area contributed by atoms with E-state index in [2.05, 4.69) is 10.3 Å². The van der Waals surface area contributed by atoms with E-state index in [4.69, 9.17) is 4.74 Å². The van der Waals surface area contributed by atoms with Gasteiger partial charge in [-0.25, -0.2) is 13.4 Å². The summed E-state index contributed by atoms with van der Waals surface area (Å²) in [6, 6.07) is 8.67. The minimum atomic E-state index is -5.46. The quantitative estimate of drug-likeness (QED) is 0.698. The lowest BCUT2D eigenvalue weighted by Gasteiger charge is -2.08. The third-order valence-corrected chi connectivity index (χ3v) is 5.98. The summed E-state index contributed by atoms with van der Waals surface area (Å²) < 4.78 is 66.2. The van der Waals surface area contributed by atoms with Gasteiger partial charge in [0.05, 0.1) is 22.2 Å².